The third-order valence-corrected chi connectivity index (χ3v) is 3.72. The van der Waals surface area contributed by atoms with E-state index in [9.17, 15) is 0 Å². The highest BCUT2D eigenvalue weighted by Crippen LogP contribution is 2.68. The molecule has 2 atom stereocenters. The number of rotatable bonds is 0. The predicted octanol–water partition coefficient (Wildman–Crippen LogP) is 0.102. The number of fused-ring (bicyclic) bond motifs is 2. The molecule has 1 spiro atoms. The molecule has 1 saturated heterocycles. The van der Waals surface area contributed by atoms with Crippen LogP contribution in [0.2, 0.25) is 0 Å². The summed E-state index contributed by atoms with van der Waals surface area (Å²) in [5, 5.41) is 4.39. The summed E-state index contributed by atoms with van der Waals surface area (Å²) in [7, 11) is 0. The number of nitrogens with zero attached hydrogens (tertiary/aromatic N) is 1. The molecular formula is C8H13N2. The summed E-state index contributed by atoms with van der Waals surface area (Å²) in [5.41, 5.74) is 7.01. The number of hydrogen-bond acceptors (Lipinski definition) is 1. The fourth-order valence-electron chi connectivity index (χ4n) is 3.01. The van der Waals surface area contributed by atoms with Crippen molar-refractivity contribution in [3.05, 3.63) is 0 Å². The molecule has 2 saturated carbocycles. The SMILES string of the molecule is N[C@]12C[N]C[C@@H]1C1(CC1)C2. The molecular weight excluding hydrogens is 124 g/mol. The first-order valence-electron chi connectivity index (χ1n) is 4.17. The zero-order chi connectivity index (χ0) is 6.82. The summed E-state index contributed by atoms with van der Waals surface area (Å²) in [4.78, 5) is 0. The molecule has 1 radical (unpaired) electrons. The van der Waals surface area contributed by atoms with Gasteiger partial charge in [-0.25, -0.2) is 5.32 Å². The second kappa shape index (κ2) is 1.28. The average Bonchev–Trinajstić information content (AvgIpc) is 2.58. The van der Waals surface area contributed by atoms with Crippen LogP contribution in [-0.4, -0.2) is 18.6 Å². The monoisotopic (exact) mass is 137 g/mol. The van der Waals surface area contributed by atoms with Crippen LogP contribution in [0, 0.1) is 11.3 Å². The lowest BCUT2D eigenvalue weighted by molar-refractivity contribution is 0.0619. The standard InChI is InChI=1S/C8H13N2/c9-8-4-7(1-2-7)6(8)3-10-5-8/h6H,1-5,9H2/t6-,8-/m1/s1. The third kappa shape index (κ3) is 0.424. The lowest BCUT2D eigenvalue weighted by Crippen LogP contribution is -2.61. The summed E-state index contributed by atoms with van der Waals surface area (Å²) in [5.74, 6) is 0.778. The lowest BCUT2D eigenvalue weighted by Gasteiger charge is -2.49. The zero-order valence-corrected chi connectivity index (χ0v) is 6.14. The van der Waals surface area contributed by atoms with Crippen molar-refractivity contribution in [2.75, 3.05) is 13.1 Å². The van der Waals surface area contributed by atoms with Crippen LogP contribution < -0.4 is 11.1 Å². The van der Waals surface area contributed by atoms with Crippen LogP contribution in [-0.2, 0) is 0 Å². The van der Waals surface area contributed by atoms with Crippen LogP contribution in [0.1, 0.15) is 19.3 Å². The van der Waals surface area contributed by atoms with Crippen molar-refractivity contribution in [3.63, 3.8) is 0 Å². The lowest BCUT2D eigenvalue weighted by atomic mass is 9.59. The van der Waals surface area contributed by atoms with Crippen molar-refractivity contribution in [1.82, 2.24) is 5.32 Å². The Bertz CT molecular complexity index is 186. The van der Waals surface area contributed by atoms with Gasteiger partial charge in [0.2, 0.25) is 0 Å². The second-order valence-corrected chi connectivity index (χ2v) is 4.39. The van der Waals surface area contributed by atoms with E-state index in [1.165, 1.54) is 19.3 Å². The maximum atomic E-state index is 6.13. The van der Waals surface area contributed by atoms with Crippen molar-refractivity contribution in [2.24, 2.45) is 17.1 Å². The molecule has 2 heteroatoms. The largest absolute Gasteiger partial charge is 0.324 e. The molecule has 0 unspecified atom stereocenters. The highest BCUT2D eigenvalue weighted by molar-refractivity contribution is 5.23. The Balaban J connectivity index is 1.92. The van der Waals surface area contributed by atoms with Gasteiger partial charge in [0.25, 0.3) is 0 Å². The van der Waals surface area contributed by atoms with Gasteiger partial charge in [-0.05, 0) is 30.6 Å². The minimum Gasteiger partial charge on any atom is -0.324 e. The molecule has 1 heterocycles. The molecule has 2 nitrogen and oxygen atoms in total. The molecule has 1 aliphatic heterocycles. The van der Waals surface area contributed by atoms with Gasteiger partial charge in [-0.2, -0.15) is 0 Å². The van der Waals surface area contributed by atoms with Crippen LogP contribution in [0.3, 0.4) is 0 Å². The predicted molar refractivity (Wildman–Crippen MR) is 38.6 cm³/mol. The molecule has 3 aliphatic rings. The molecule has 10 heavy (non-hydrogen) atoms. The Labute approximate surface area is 61.2 Å². The van der Waals surface area contributed by atoms with E-state index >= 15 is 0 Å². The van der Waals surface area contributed by atoms with Crippen molar-refractivity contribution < 1.29 is 0 Å². The molecule has 2 aliphatic carbocycles. The smallest absolute Gasteiger partial charge is 0.0349 e. The number of hydrogen-bond donors (Lipinski definition) is 1. The first-order valence-corrected chi connectivity index (χ1v) is 4.17. The van der Waals surface area contributed by atoms with Gasteiger partial charge in [-0.15, -0.1) is 0 Å². The van der Waals surface area contributed by atoms with Crippen LogP contribution >= 0.6 is 0 Å². The van der Waals surface area contributed by atoms with Crippen LogP contribution in [0.5, 0.6) is 0 Å². The van der Waals surface area contributed by atoms with Crippen LogP contribution in [0.4, 0.5) is 0 Å². The highest BCUT2D eigenvalue weighted by atomic mass is 15.1. The maximum absolute atomic E-state index is 6.13. The van der Waals surface area contributed by atoms with Gasteiger partial charge >= 0.3 is 0 Å². The third-order valence-electron chi connectivity index (χ3n) is 3.72. The van der Waals surface area contributed by atoms with Gasteiger partial charge in [0.05, 0.1) is 0 Å². The first kappa shape index (κ1) is 5.56. The summed E-state index contributed by atoms with van der Waals surface area (Å²) in [6.45, 7) is 2.01. The minimum absolute atomic E-state index is 0.163. The quantitative estimate of drug-likeness (QED) is 0.505. The van der Waals surface area contributed by atoms with Crippen molar-refractivity contribution in [1.29, 1.82) is 0 Å². The van der Waals surface area contributed by atoms with Gasteiger partial charge in [-0.1, -0.05) is 0 Å². The van der Waals surface area contributed by atoms with E-state index in [2.05, 4.69) is 5.32 Å². The molecule has 3 rings (SSSR count). The Morgan fingerprint density at radius 2 is 2.20 bits per heavy atom. The molecule has 3 fully saturated rings. The Kier molecular flexibility index (Phi) is 0.710. The van der Waals surface area contributed by atoms with Gasteiger partial charge in [0, 0.05) is 18.6 Å². The first-order chi connectivity index (χ1) is 4.75. The summed E-state index contributed by atoms with van der Waals surface area (Å²) in [6.07, 6.45) is 4.15. The zero-order valence-electron chi connectivity index (χ0n) is 6.14. The van der Waals surface area contributed by atoms with Crippen LogP contribution in [0.25, 0.3) is 0 Å². The van der Waals surface area contributed by atoms with E-state index in [1.54, 1.807) is 0 Å². The van der Waals surface area contributed by atoms with Crippen molar-refractivity contribution in [3.8, 4) is 0 Å². The van der Waals surface area contributed by atoms with Crippen molar-refractivity contribution >= 4 is 0 Å². The minimum atomic E-state index is 0.163. The fraction of sp³-hybridized carbons (Fsp3) is 1.00. The maximum Gasteiger partial charge on any atom is 0.0349 e. The van der Waals surface area contributed by atoms with E-state index in [4.69, 9.17) is 5.73 Å². The Morgan fingerprint density at radius 3 is 2.80 bits per heavy atom. The highest BCUT2D eigenvalue weighted by Gasteiger charge is 2.68. The van der Waals surface area contributed by atoms with Crippen molar-refractivity contribution in [2.45, 2.75) is 24.8 Å². The van der Waals surface area contributed by atoms with Gasteiger partial charge in [0.15, 0.2) is 0 Å². The molecule has 0 aromatic carbocycles. The second-order valence-electron chi connectivity index (χ2n) is 4.39. The Morgan fingerprint density at radius 1 is 1.40 bits per heavy atom. The van der Waals surface area contributed by atoms with Gasteiger partial charge < -0.3 is 5.73 Å². The summed E-state index contributed by atoms with van der Waals surface area (Å²) < 4.78 is 0. The van der Waals surface area contributed by atoms with Crippen LogP contribution in [0.15, 0.2) is 0 Å². The molecule has 55 valence electrons. The van der Waals surface area contributed by atoms with Gasteiger partial charge in [-0.3, -0.25) is 0 Å². The molecule has 0 aromatic rings. The fourth-order valence-corrected chi connectivity index (χ4v) is 3.01. The molecule has 0 amide bonds. The van der Waals surface area contributed by atoms with Gasteiger partial charge in [0.1, 0.15) is 0 Å². The van der Waals surface area contributed by atoms with E-state index in [-0.39, 0.29) is 5.54 Å². The Hall–Kier alpha value is -0.0800. The average molecular weight is 137 g/mol. The van der Waals surface area contributed by atoms with E-state index in [1.807, 2.05) is 0 Å². The van der Waals surface area contributed by atoms with E-state index < -0.39 is 0 Å². The molecule has 0 aromatic heterocycles. The van der Waals surface area contributed by atoms with E-state index in [0.717, 1.165) is 24.4 Å². The topological polar surface area (TPSA) is 40.1 Å². The normalized spacial score (nSPS) is 54.3. The van der Waals surface area contributed by atoms with E-state index in [0.29, 0.717) is 0 Å². The molecule has 2 N–H and O–H groups in total. The molecule has 0 bridgehead atoms. The summed E-state index contributed by atoms with van der Waals surface area (Å²) in [6, 6.07) is 0. The number of nitrogens with two attached hydrogens (primary N) is 1. The summed E-state index contributed by atoms with van der Waals surface area (Å²) >= 11 is 0.